The third-order valence-corrected chi connectivity index (χ3v) is 3.93. The summed E-state index contributed by atoms with van der Waals surface area (Å²) in [7, 11) is 0. The molecule has 0 radical (unpaired) electrons. The van der Waals surface area contributed by atoms with Gasteiger partial charge in [-0.3, -0.25) is 9.59 Å². The first-order chi connectivity index (χ1) is 8.56. The summed E-state index contributed by atoms with van der Waals surface area (Å²) in [4.78, 5) is 24.9. The minimum Gasteiger partial charge on any atom is -0.481 e. The Morgan fingerprint density at radius 1 is 1.28 bits per heavy atom. The summed E-state index contributed by atoms with van der Waals surface area (Å²) in [6, 6.07) is 0.138. The Labute approximate surface area is 109 Å². The van der Waals surface area contributed by atoms with Gasteiger partial charge in [0.2, 0.25) is 5.91 Å². The van der Waals surface area contributed by atoms with Crippen LogP contribution in [0, 0.1) is 5.92 Å². The Bertz CT molecular complexity index is 285. The minimum atomic E-state index is -0.834. The normalized spacial score (nSPS) is 18.3. The van der Waals surface area contributed by atoms with E-state index >= 15 is 0 Å². The molecule has 0 aromatic rings. The maximum atomic E-state index is 12.4. The average Bonchev–Trinajstić information content (AvgIpc) is 2.39. The van der Waals surface area contributed by atoms with E-state index in [1.54, 1.807) is 4.90 Å². The molecule has 0 saturated heterocycles. The molecule has 4 heteroatoms. The van der Waals surface area contributed by atoms with Gasteiger partial charge in [-0.15, -0.1) is 0 Å². The number of carboxylic acids is 1. The highest BCUT2D eigenvalue weighted by molar-refractivity contribution is 5.79. The molecule has 0 aromatic heterocycles. The van der Waals surface area contributed by atoms with E-state index in [0.717, 1.165) is 32.1 Å². The van der Waals surface area contributed by atoms with E-state index < -0.39 is 5.97 Å². The van der Waals surface area contributed by atoms with Crippen LogP contribution in [0.4, 0.5) is 0 Å². The van der Waals surface area contributed by atoms with Crippen LogP contribution in [0.15, 0.2) is 0 Å². The number of rotatable bonds is 6. The first kappa shape index (κ1) is 15.0. The maximum Gasteiger partial charge on any atom is 0.305 e. The predicted molar refractivity (Wildman–Crippen MR) is 70.3 cm³/mol. The fourth-order valence-electron chi connectivity index (χ4n) is 2.57. The second-order valence-corrected chi connectivity index (χ2v) is 5.27. The zero-order valence-electron chi connectivity index (χ0n) is 11.5. The van der Waals surface area contributed by atoms with Gasteiger partial charge in [-0.1, -0.05) is 26.2 Å². The summed E-state index contributed by atoms with van der Waals surface area (Å²) in [5.74, 6) is -0.536. The molecule has 1 saturated carbocycles. The first-order valence-corrected chi connectivity index (χ1v) is 7.08. The van der Waals surface area contributed by atoms with E-state index in [-0.39, 0.29) is 24.3 Å². The predicted octanol–water partition coefficient (Wildman–Crippen LogP) is 2.67. The highest BCUT2D eigenvalue weighted by Gasteiger charge is 2.28. The molecule has 1 amide bonds. The van der Waals surface area contributed by atoms with Crippen molar-refractivity contribution in [1.82, 2.24) is 4.90 Å². The smallest absolute Gasteiger partial charge is 0.305 e. The van der Waals surface area contributed by atoms with Crippen LogP contribution in [-0.2, 0) is 9.59 Å². The van der Waals surface area contributed by atoms with Crippen molar-refractivity contribution in [1.29, 1.82) is 0 Å². The standard InChI is InChI=1S/C14H25NO3/c1-3-11(2)15(10-9-13(16)17)14(18)12-7-5-4-6-8-12/h11-12H,3-10H2,1-2H3,(H,16,17). The topological polar surface area (TPSA) is 57.6 Å². The van der Waals surface area contributed by atoms with Gasteiger partial charge in [-0.2, -0.15) is 0 Å². The Morgan fingerprint density at radius 3 is 2.39 bits per heavy atom. The zero-order valence-corrected chi connectivity index (χ0v) is 11.5. The summed E-state index contributed by atoms with van der Waals surface area (Å²) < 4.78 is 0. The molecule has 1 atom stereocenters. The molecule has 104 valence electrons. The second kappa shape index (κ2) is 7.39. The molecular weight excluding hydrogens is 230 g/mol. The Morgan fingerprint density at radius 2 is 1.89 bits per heavy atom. The number of carbonyl (C=O) groups is 2. The van der Waals surface area contributed by atoms with E-state index in [9.17, 15) is 9.59 Å². The lowest BCUT2D eigenvalue weighted by Crippen LogP contribution is -2.43. The molecule has 1 fully saturated rings. The molecule has 0 aromatic carbocycles. The molecule has 1 aliphatic carbocycles. The minimum absolute atomic E-state index is 0.0444. The third-order valence-electron chi connectivity index (χ3n) is 3.93. The molecule has 0 bridgehead atoms. The summed E-state index contributed by atoms with van der Waals surface area (Å²) in [5.41, 5.74) is 0. The lowest BCUT2D eigenvalue weighted by molar-refractivity contribution is -0.141. The highest BCUT2D eigenvalue weighted by Crippen LogP contribution is 2.26. The maximum absolute atomic E-state index is 12.4. The monoisotopic (exact) mass is 255 g/mol. The van der Waals surface area contributed by atoms with Gasteiger partial charge < -0.3 is 10.0 Å². The van der Waals surface area contributed by atoms with Crippen LogP contribution in [0.2, 0.25) is 0 Å². The van der Waals surface area contributed by atoms with Gasteiger partial charge in [0, 0.05) is 18.5 Å². The number of nitrogens with zero attached hydrogens (tertiary/aromatic N) is 1. The van der Waals surface area contributed by atoms with Gasteiger partial charge in [-0.25, -0.2) is 0 Å². The van der Waals surface area contributed by atoms with Gasteiger partial charge >= 0.3 is 5.97 Å². The van der Waals surface area contributed by atoms with E-state index in [2.05, 4.69) is 0 Å². The third kappa shape index (κ3) is 4.31. The fraction of sp³-hybridized carbons (Fsp3) is 0.857. The number of hydrogen-bond acceptors (Lipinski definition) is 2. The van der Waals surface area contributed by atoms with Crippen LogP contribution in [0.25, 0.3) is 0 Å². The molecule has 0 spiro atoms. The average molecular weight is 255 g/mol. The van der Waals surface area contributed by atoms with Crippen LogP contribution in [0.3, 0.4) is 0 Å². The van der Waals surface area contributed by atoms with Crippen molar-refractivity contribution < 1.29 is 14.7 Å². The summed E-state index contributed by atoms with van der Waals surface area (Å²) >= 11 is 0. The SMILES string of the molecule is CCC(C)N(CCC(=O)O)C(=O)C1CCCCC1. The van der Waals surface area contributed by atoms with Crippen LogP contribution < -0.4 is 0 Å². The number of hydrogen-bond donors (Lipinski definition) is 1. The quantitative estimate of drug-likeness (QED) is 0.793. The molecule has 0 heterocycles. The van der Waals surface area contributed by atoms with Gasteiger partial charge in [-0.05, 0) is 26.2 Å². The van der Waals surface area contributed by atoms with Gasteiger partial charge in [0.15, 0.2) is 0 Å². The molecule has 0 aliphatic heterocycles. The molecule has 1 unspecified atom stereocenters. The van der Waals surface area contributed by atoms with Crippen molar-refractivity contribution in [3.05, 3.63) is 0 Å². The van der Waals surface area contributed by atoms with Crippen molar-refractivity contribution in [3.8, 4) is 0 Å². The Hall–Kier alpha value is -1.06. The number of carboxylic acid groups (broad SMARTS) is 1. The van der Waals surface area contributed by atoms with Crippen molar-refractivity contribution in [2.75, 3.05) is 6.54 Å². The summed E-state index contributed by atoms with van der Waals surface area (Å²) in [6.07, 6.45) is 6.34. The van der Waals surface area contributed by atoms with Crippen molar-refractivity contribution in [2.45, 2.75) is 64.8 Å². The van der Waals surface area contributed by atoms with E-state index in [4.69, 9.17) is 5.11 Å². The summed E-state index contributed by atoms with van der Waals surface area (Å²) in [6.45, 7) is 4.38. The molecule has 1 aliphatic rings. The van der Waals surface area contributed by atoms with Crippen molar-refractivity contribution in [3.63, 3.8) is 0 Å². The molecule has 18 heavy (non-hydrogen) atoms. The number of aliphatic carboxylic acids is 1. The van der Waals surface area contributed by atoms with Crippen LogP contribution in [-0.4, -0.2) is 34.5 Å². The fourth-order valence-corrected chi connectivity index (χ4v) is 2.57. The number of carbonyl (C=O) groups excluding carboxylic acids is 1. The van der Waals surface area contributed by atoms with E-state index in [1.165, 1.54) is 6.42 Å². The van der Waals surface area contributed by atoms with Crippen molar-refractivity contribution >= 4 is 11.9 Å². The van der Waals surface area contributed by atoms with Crippen LogP contribution in [0.1, 0.15) is 58.8 Å². The summed E-state index contributed by atoms with van der Waals surface area (Å²) in [5, 5.41) is 8.77. The molecule has 4 nitrogen and oxygen atoms in total. The molecule has 1 N–H and O–H groups in total. The van der Waals surface area contributed by atoms with Gasteiger partial charge in [0.25, 0.3) is 0 Å². The lowest BCUT2D eigenvalue weighted by Gasteiger charge is -2.33. The van der Waals surface area contributed by atoms with Crippen LogP contribution in [0.5, 0.6) is 0 Å². The van der Waals surface area contributed by atoms with Gasteiger partial charge in [0.1, 0.15) is 0 Å². The molecule has 1 rings (SSSR count). The second-order valence-electron chi connectivity index (χ2n) is 5.27. The first-order valence-electron chi connectivity index (χ1n) is 7.08. The largest absolute Gasteiger partial charge is 0.481 e. The number of amides is 1. The van der Waals surface area contributed by atoms with Gasteiger partial charge in [0.05, 0.1) is 6.42 Å². The van der Waals surface area contributed by atoms with E-state index in [1.807, 2.05) is 13.8 Å². The van der Waals surface area contributed by atoms with E-state index in [0.29, 0.717) is 6.54 Å². The Balaban J connectivity index is 2.61. The highest BCUT2D eigenvalue weighted by atomic mass is 16.4. The molecular formula is C14H25NO3. The zero-order chi connectivity index (χ0) is 13.5. The lowest BCUT2D eigenvalue weighted by atomic mass is 9.88. The van der Waals surface area contributed by atoms with Crippen LogP contribution >= 0.6 is 0 Å². The Kier molecular flexibility index (Phi) is 6.16. The van der Waals surface area contributed by atoms with Crippen molar-refractivity contribution in [2.24, 2.45) is 5.92 Å².